The molecule has 0 spiro atoms. The first-order chi connectivity index (χ1) is 10.1. The van der Waals surface area contributed by atoms with Gasteiger partial charge in [0.15, 0.2) is 0 Å². The molecule has 3 aromatic rings. The van der Waals surface area contributed by atoms with Gasteiger partial charge in [0.05, 0.1) is 11.0 Å². The van der Waals surface area contributed by atoms with Gasteiger partial charge in [0.2, 0.25) is 5.91 Å². The van der Waals surface area contributed by atoms with Crippen LogP contribution in [-0.4, -0.2) is 27.4 Å². The number of amides is 1. The highest BCUT2D eigenvalue weighted by Gasteiger charge is 2.14. The summed E-state index contributed by atoms with van der Waals surface area (Å²) in [6.45, 7) is 2.91. The Kier molecular flexibility index (Phi) is 3.75. The Morgan fingerprint density at radius 3 is 2.90 bits per heavy atom. The number of benzene rings is 1. The molecule has 0 saturated heterocycles. The highest BCUT2D eigenvalue weighted by molar-refractivity contribution is 7.07. The van der Waals surface area contributed by atoms with Gasteiger partial charge in [-0.15, -0.1) is 0 Å². The molecule has 0 N–H and O–H groups in total. The van der Waals surface area contributed by atoms with Crippen molar-refractivity contribution in [2.75, 3.05) is 7.05 Å². The molecule has 0 bridgehead atoms. The van der Waals surface area contributed by atoms with Gasteiger partial charge in [-0.2, -0.15) is 11.3 Å². The molecule has 0 unspecified atom stereocenters. The molecular weight excluding hydrogens is 282 g/mol. The Labute approximate surface area is 127 Å². The molecule has 0 fully saturated rings. The van der Waals surface area contributed by atoms with Crippen molar-refractivity contribution in [3.05, 3.63) is 52.5 Å². The Morgan fingerprint density at radius 1 is 1.33 bits per heavy atom. The van der Waals surface area contributed by atoms with Crippen molar-refractivity contribution in [3.63, 3.8) is 0 Å². The van der Waals surface area contributed by atoms with Crippen LogP contribution >= 0.6 is 11.3 Å². The zero-order valence-corrected chi connectivity index (χ0v) is 12.9. The Hall–Kier alpha value is -2.14. The number of thiophene rings is 1. The van der Waals surface area contributed by atoms with Crippen LogP contribution in [0.15, 0.2) is 41.1 Å². The zero-order chi connectivity index (χ0) is 14.8. The molecule has 4 nitrogen and oxygen atoms in total. The van der Waals surface area contributed by atoms with E-state index in [2.05, 4.69) is 10.4 Å². The maximum absolute atomic E-state index is 12.4. The number of imidazole rings is 1. The van der Waals surface area contributed by atoms with Crippen LogP contribution in [0.5, 0.6) is 0 Å². The Morgan fingerprint density at radius 2 is 2.14 bits per heavy atom. The van der Waals surface area contributed by atoms with E-state index in [-0.39, 0.29) is 5.91 Å². The molecule has 21 heavy (non-hydrogen) atoms. The second kappa shape index (κ2) is 5.69. The van der Waals surface area contributed by atoms with Gasteiger partial charge in [0, 0.05) is 13.6 Å². The number of hydrogen-bond donors (Lipinski definition) is 0. The van der Waals surface area contributed by atoms with E-state index in [1.165, 1.54) is 5.56 Å². The summed E-state index contributed by atoms with van der Waals surface area (Å²) in [6.07, 6.45) is 0. The number of likely N-dealkylation sites (N-methyl/N-ethyl adjacent to an activating group) is 1. The molecule has 0 atom stereocenters. The van der Waals surface area contributed by atoms with Crippen LogP contribution in [0.25, 0.3) is 11.0 Å². The van der Waals surface area contributed by atoms with E-state index >= 15 is 0 Å². The Balaban J connectivity index is 1.78. The number of para-hydroxylation sites is 2. The molecule has 108 valence electrons. The lowest BCUT2D eigenvalue weighted by molar-refractivity contribution is -0.131. The largest absolute Gasteiger partial charge is 0.340 e. The lowest BCUT2D eigenvalue weighted by atomic mass is 10.3. The van der Waals surface area contributed by atoms with Crippen LogP contribution in [0.4, 0.5) is 0 Å². The van der Waals surface area contributed by atoms with Crippen LogP contribution < -0.4 is 0 Å². The number of carbonyl (C=O) groups excluding carboxylic acids is 1. The third-order valence-electron chi connectivity index (χ3n) is 3.56. The number of rotatable bonds is 4. The molecule has 2 heterocycles. The van der Waals surface area contributed by atoms with Crippen LogP contribution in [-0.2, 0) is 17.9 Å². The van der Waals surface area contributed by atoms with Crippen LogP contribution in [0.3, 0.4) is 0 Å². The monoisotopic (exact) mass is 299 g/mol. The van der Waals surface area contributed by atoms with E-state index in [1.807, 2.05) is 54.3 Å². The molecule has 0 aliphatic carbocycles. The van der Waals surface area contributed by atoms with Crippen molar-refractivity contribution < 1.29 is 4.79 Å². The smallest absolute Gasteiger partial charge is 0.242 e. The second-order valence-corrected chi connectivity index (χ2v) is 5.90. The SMILES string of the molecule is Cc1nc2ccccc2n1CC(=O)N(C)Cc1ccsc1. The highest BCUT2D eigenvalue weighted by Crippen LogP contribution is 2.16. The number of nitrogens with zero attached hydrogens (tertiary/aromatic N) is 3. The van der Waals surface area contributed by atoms with Crippen LogP contribution in [0.2, 0.25) is 0 Å². The number of aromatic nitrogens is 2. The van der Waals surface area contributed by atoms with Gasteiger partial charge in [-0.3, -0.25) is 4.79 Å². The Bertz CT molecular complexity index is 761. The first kappa shape index (κ1) is 13.8. The fraction of sp³-hybridized carbons (Fsp3) is 0.250. The third kappa shape index (κ3) is 2.83. The topological polar surface area (TPSA) is 38.1 Å². The van der Waals surface area contributed by atoms with Crippen LogP contribution in [0.1, 0.15) is 11.4 Å². The standard InChI is InChI=1S/C16H17N3OS/c1-12-17-14-5-3-4-6-15(14)19(12)10-16(20)18(2)9-13-7-8-21-11-13/h3-8,11H,9-10H2,1-2H3. The normalized spacial score (nSPS) is 11.0. The minimum absolute atomic E-state index is 0.0902. The van der Waals surface area contributed by atoms with Gasteiger partial charge in [-0.05, 0) is 41.4 Å². The van der Waals surface area contributed by atoms with Gasteiger partial charge in [0.1, 0.15) is 12.4 Å². The summed E-state index contributed by atoms with van der Waals surface area (Å²) in [5.41, 5.74) is 3.11. The fourth-order valence-electron chi connectivity index (χ4n) is 2.40. The van der Waals surface area contributed by atoms with Crippen molar-refractivity contribution >= 4 is 28.3 Å². The van der Waals surface area contributed by atoms with Gasteiger partial charge < -0.3 is 9.47 Å². The number of fused-ring (bicyclic) bond motifs is 1. The van der Waals surface area contributed by atoms with E-state index in [1.54, 1.807) is 16.2 Å². The maximum atomic E-state index is 12.4. The zero-order valence-electron chi connectivity index (χ0n) is 12.1. The summed E-state index contributed by atoms with van der Waals surface area (Å²) in [4.78, 5) is 18.7. The average molecular weight is 299 g/mol. The van der Waals surface area contributed by atoms with Crippen molar-refractivity contribution in [1.29, 1.82) is 0 Å². The van der Waals surface area contributed by atoms with E-state index < -0.39 is 0 Å². The maximum Gasteiger partial charge on any atom is 0.242 e. The highest BCUT2D eigenvalue weighted by atomic mass is 32.1. The average Bonchev–Trinajstić information content (AvgIpc) is 3.07. The summed E-state index contributed by atoms with van der Waals surface area (Å²) in [7, 11) is 1.84. The molecule has 2 aromatic heterocycles. The summed E-state index contributed by atoms with van der Waals surface area (Å²) >= 11 is 1.65. The summed E-state index contributed by atoms with van der Waals surface area (Å²) in [5, 5.41) is 4.10. The molecule has 3 rings (SSSR count). The van der Waals surface area contributed by atoms with E-state index in [0.717, 1.165) is 16.9 Å². The van der Waals surface area contributed by atoms with Crippen molar-refractivity contribution in [2.24, 2.45) is 0 Å². The molecule has 0 radical (unpaired) electrons. The molecule has 1 amide bonds. The quantitative estimate of drug-likeness (QED) is 0.742. The van der Waals surface area contributed by atoms with Gasteiger partial charge >= 0.3 is 0 Å². The predicted octanol–water partition coefficient (Wildman–Crippen LogP) is 3.06. The van der Waals surface area contributed by atoms with Gasteiger partial charge in [-0.1, -0.05) is 12.1 Å². The summed E-state index contributed by atoms with van der Waals surface area (Å²) in [5.74, 6) is 0.959. The van der Waals surface area contributed by atoms with Crippen molar-refractivity contribution in [3.8, 4) is 0 Å². The molecule has 5 heteroatoms. The first-order valence-corrected chi connectivity index (χ1v) is 7.76. The lowest BCUT2D eigenvalue weighted by Gasteiger charge is -2.17. The van der Waals surface area contributed by atoms with Crippen LogP contribution in [0, 0.1) is 6.92 Å². The number of aryl methyl sites for hydroxylation is 1. The predicted molar refractivity (Wildman–Crippen MR) is 85.3 cm³/mol. The number of carbonyl (C=O) groups is 1. The fourth-order valence-corrected chi connectivity index (χ4v) is 3.06. The van der Waals surface area contributed by atoms with E-state index in [0.29, 0.717) is 13.1 Å². The molecule has 0 aliphatic rings. The van der Waals surface area contributed by atoms with Crippen molar-refractivity contribution in [2.45, 2.75) is 20.0 Å². The molecule has 1 aromatic carbocycles. The molecule has 0 aliphatic heterocycles. The number of hydrogen-bond acceptors (Lipinski definition) is 3. The minimum atomic E-state index is 0.0902. The van der Waals surface area contributed by atoms with E-state index in [4.69, 9.17) is 0 Å². The molecule has 0 saturated carbocycles. The summed E-state index contributed by atoms with van der Waals surface area (Å²) < 4.78 is 1.97. The van der Waals surface area contributed by atoms with E-state index in [9.17, 15) is 4.79 Å². The molecular formula is C16H17N3OS. The third-order valence-corrected chi connectivity index (χ3v) is 4.30. The first-order valence-electron chi connectivity index (χ1n) is 6.82. The second-order valence-electron chi connectivity index (χ2n) is 5.12. The lowest BCUT2D eigenvalue weighted by Crippen LogP contribution is -2.29. The minimum Gasteiger partial charge on any atom is -0.340 e. The summed E-state index contributed by atoms with van der Waals surface area (Å²) in [6, 6.07) is 9.95. The van der Waals surface area contributed by atoms with Crippen molar-refractivity contribution in [1.82, 2.24) is 14.5 Å². The van der Waals surface area contributed by atoms with Gasteiger partial charge in [0.25, 0.3) is 0 Å². The van der Waals surface area contributed by atoms with Gasteiger partial charge in [-0.25, -0.2) is 4.98 Å².